The first-order valence-electron chi connectivity index (χ1n) is 8.59. The molecule has 4 rings (SSSR count). The van der Waals surface area contributed by atoms with Crippen molar-refractivity contribution in [2.75, 3.05) is 5.32 Å². The fraction of sp³-hybridized carbons (Fsp3) is 0.143. The summed E-state index contributed by atoms with van der Waals surface area (Å²) >= 11 is 0. The fourth-order valence-corrected chi connectivity index (χ4v) is 3.37. The highest BCUT2D eigenvalue weighted by Crippen LogP contribution is 2.44. The molecular formula is C21H17N3O3. The van der Waals surface area contributed by atoms with Crippen molar-refractivity contribution in [3.63, 3.8) is 0 Å². The van der Waals surface area contributed by atoms with Crippen molar-refractivity contribution in [2.45, 2.75) is 18.9 Å². The molecule has 1 N–H and O–H groups in total. The van der Waals surface area contributed by atoms with E-state index in [0.29, 0.717) is 16.9 Å². The summed E-state index contributed by atoms with van der Waals surface area (Å²) in [5.74, 6) is -0.976. The molecule has 0 bridgehead atoms. The Hall–Kier alpha value is -3.54. The largest absolute Gasteiger partial charge is 0.426 e. The van der Waals surface area contributed by atoms with E-state index in [0.717, 1.165) is 5.69 Å². The predicted octanol–water partition coefficient (Wildman–Crippen LogP) is 3.54. The van der Waals surface area contributed by atoms with Crippen molar-refractivity contribution in [1.29, 1.82) is 0 Å². The molecule has 0 spiro atoms. The third-order valence-corrected chi connectivity index (χ3v) is 4.47. The van der Waals surface area contributed by atoms with Gasteiger partial charge in [0, 0.05) is 25.0 Å². The van der Waals surface area contributed by atoms with Crippen molar-refractivity contribution in [3.05, 3.63) is 83.9 Å². The zero-order chi connectivity index (χ0) is 18.8. The molecule has 2 unspecified atom stereocenters. The van der Waals surface area contributed by atoms with E-state index in [2.05, 4.69) is 15.3 Å². The number of hydrogen-bond acceptors (Lipinski definition) is 6. The van der Waals surface area contributed by atoms with Gasteiger partial charge in [0.15, 0.2) is 5.78 Å². The fourth-order valence-electron chi connectivity index (χ4n) is 3.37. The van der Waals surface area contributed by atoms with E-state index in [9.17, 15) is 9.59 Å². The van der Waals surface area contributed by atoms with Gasteiger partial charge in [-0.1, -0.05) is 18.2 Å². The molecule has 1 aromatic carbocycles. The Bertz CT molecular complexity index is 990. The molecule has 0 saturated heterocycles. The molecule has 0 aliphatic carbocycles. The summed E-state index contributed by atoms with van der Waals surface area (Å²) in [5, 5.41) is 3.39. The minimum atomic E-state index is -0.592. The summed E-state index contributed by atoms with van der Waals surface area (Å²) in [6, 6.07) is 15.8. The van der Waals surface area contributed by atoms with Crippen molar-refractivity contribution in [2.24, 2.45) is 0 Å². The van der Waals surface area contributed by atoms with Gasteiger partial charge in [0.1, 0.15) is 5.75 Å². The maximum atomic E-state index is 13.5. The molecule has 6 nitrogen and oxygen atoms in total. The van der Waals surface area contributed by atoms with Gasteiger partial charge < -0.3 is 10.1 Å². The highest BCUT2D eigenvalue weighted by molar-refractivity contribution is 6.10. The molecule has 0 fully saturated rings. The second kappa shape index (κ2) is 6.99. The number of ether oxygens (including phenoxy) is 1. The highest BCUT2D eigenvalue weighted by atomic mass is 16.5. The lowest BCUT2D eigenvalue weighted by atomic mass is 9.81. The number of anilines is 1. The first-order valence-corrected chi connectivity index (χ1v) is 8.59. The zero-order valence-electron chi connectivity index (χ0n) is 14.6. The van der Waals surface area contributed by atoms with Crippen LogP contribution in [-0.4, -0.2) is 21.7 Å². The van der Waals surface area contributed by atoms with Crippen LogP contribution in [0.5, 0.6) is 5.75 Å². The van der Waals surface area contributed by atoms with Crippen LogP contribution in [0.1, 0.15) is 40.6 Å². The van der Waals surface area contributed by atoms with E-state index in [1.807, 2.05) is 30.3 Å². The van der Waals surface area contributed by atoms with E-state index in [4.69, 9.17) is 4.74 Å². The van der Waals surface area contributed by atoms with E-state index in [-0.39, 0.29) is 17.6 Å². The van der Waals surface area contributed by atoms with Gasteiger partial charge in [0.25, 0.3) is 0 Å². The van der Waals surface area contributed by atoms with Gasteiger partial charge in [-0.3, -0.25) is 19.6 Å². The average molecular weight is 359 g/mol. The minimum Gasteiger partial charge on any atom is -0.426 e. The number of Topliss-reactive ketones (excluding diaryl/α,β-unsaturated/α-hetero) is 1. The Morgan fingerprint density at radius 1 is 0.963 bits per heavy atom. The average Bonchev–Trinajstić information content (AvgIpc) is 2.68. The number of carbonyl (C=O) groups is 2. The van der Waals surface area contributed by atoms with Gasteiger partial charge in [-0.05, 0) is 36.4 Å². The van der Waals surface area contributed by atoms with Crippen LogP contribution in [0.3, 0.4) is 0 Å². The summed E-state index contributed by atoms with van der Waals surface area (Å²) in [7, 11) is 0. The van der Waals surface area contributed by atoms with E-state index in [1.54, 1.807) is 36.7 Å². The van der Waals surface area contributed by atoms with Crippen LogP contribution in [0.2, 0.25) is 0 Å². The summed E-state index contributed by atoms with van der Waals surface area (Å²) in [4.78, 5) is 33.8. The van der Waals surface area contributed by atoms with Crippen LogP contribution in [0, 0.1) is 0 Å². The molecule has 0 amide bonds. The van der Waals surface area contributed by atoms with Gasteiger partial charge in [-0.2, -0.15) is 0 Å². The van der Waals surface area contributed by atoms with Crippen LogP contribution >= 0.6 is 0 Å². The molecule has 6 heteroatoms. The van der Waals surface area contributed by atoms with Crippen LogP contribution in [0.15, 0.2) is 67.0 Å². The number of ketones is 1. The van der Waals surface area contributed by atoms with Crippen molar-refractivity contribution in [3.8, 4) is 5.75 Å². The summed E-state index contributed by atoms with van der Waals surface area (Å²) in [6.07, 6.45) is 3.35. The van der Waals surface area contributed by atoms with Crippen molar-refractivity contribution < 1.29 is 14.3 Å². The normalized spacial score (nSPS) is 18.3. The third kappa shape index (κ3) is 3.17. The Balaban J connectivity index is 1.87. The molecule has 0 radical (unpaired) electrons. The van der Waals surface area contributed by atoms with Crippen molar-refractivity contribution in [1.82, 2.24) is 9.97 Å². The van der Waals surface area contributed by atoms with Gasteiger partial charge in [-0.15, -0.1) is 0 Å². The molecule has 1 aliphatic heterocycles. The van der Waals surface area contributed by atoms with Crippen LogP contribution in [-0.2, 0) is 4.79 Å². The van der Waals surface area contributed by atoms with Gasteiger partial charge in [0.2, 0.25) is 0 Å². The molecule has 3 heterocycles. The number of rotatable bonds is 3. The first kappa shape index (κ1) is 16.9. The van der Waals surface area contributed by atoms with Crippen LogP contribution < -0.4 is 10.1 Å². The quantitative estimate of drug-likeness (QED) is 0.569. The monoisotopic (exact) mass is 359 g/mol. The second-order valence-electron chi connectivity index (χ2n) is 6.25. The summed E-state index contributed by atoms with van der Waals surface area (Å²) in [5.41, 5.74) is 2.34. The predicted molar refractivity (Wildman–Crippen MR) is 99.7 cm³/mol. The molecule has 0 saturated carbocycles. The maximum Gasteiger partial charge on any atom is 0.308 e. The number of hydrogen-bond donors (Lipinski definition) is 1. The molecule has 134 valence electrons. The Kier molecular flexibility index (Phi) is 4.38. The lowest BCUT2D eigenvalue weighted by molar-refractivity contribution is -0.131. The van der Waals surface area contributed by atoms with Gasteiger partial charge in [0.05, 0.1) is 28.9 Å². The van der Waals surface area contributed by atoms with Gasteiger partial charge in [-0.25, -0.2) is 0 Å². The molecular weight excluding hydrogens is 342 g/mol. The molecule has 2 atom stereocenters. The molecule has 2 aromatic heterocycles. The topological polar surface area (TPSA) is 81.2 Å². The lowest BCUT2D eigenvalue weighted by Gasteiger charge is -2.33. The Morgan fingerprint density at radius 3 is 2.30 bits per heavy atom. The van der Waals surface area contributed by atoms with Crippen molar-refractivity contribution >= 4 is 17.4 Å². The Morgan fingerprint density at radius 2 is 1.67 bits per heavy atom. The van der Waals surface area contributed by atoms with E-state index in [1.165, 1.54) is 6.92 Å². The van der Waals surface area contributed by atoms with Crippen LogP contribution in [0.4, 0.5) is 5.69 Å². The zero-order valence-corrected chi connectivity index (χ0v) is 14.6. The highest BCUT2D eigenvalue weighted by Gasteiger charge is 2.40. The van der Waals surface area contributed by atoms with Crippen LogP contribution in [0.25, 0.3) is 0 Å². The summed E-state index contributed by atoms with van der Waals surface area (Å²) < 4.78 is 5.27. The lowest BCUT2D eigenvalue weighted by Crippen LogP contribution is -2.33. The number of nitrogens with zero attached hydrogens (tertiary/aromatic N) is 2. The minimum absolute atomic E-state index is 0.157. The number of benzene rings is 1. The number of pyridine rings is 2. The number of fused-ring (bicyclic) bond motifs is 1. The van der Waals surface area contributed by atoms with Gasteiger partial charge >= 0.3 is 5.97 Å². The smallest absolute Gasteiger partial charge is 0.308 e. The standard InChI is InChI=1S/C21H17N3O3/c1-13(25)27-17-10-6-9-15-18(17)21(26)19(14-7-2-4-11-22-14)20(24-15)16-8-3-5-12-23-16/h2-12,19-20,24H,1H3. The summed E-state index contributed by atoms with van der Waals surface area (Å²) in [6.45, 7) is 1.31. The maximum absolute atomic E-state index is 13.5. The van der Waals surface area contributed by atoms with E-state index < -0.39 is 11.9 Å². The Labute approximate surface area is 156 Å². The number of carbonyl (C=O) groups excluding carboxylic acids is 2. The SMILES string of the molecule is CC(=O)Oc1cccc2c1C(=O)C(c1ccccn1)C(c1ccccn1)N2. The molecule has 3 aromatic rings. The number of nitrogens with one attached hydrogen (secondary N) is 1. The number of aromatic nitrogens is 2. The van der Waals surface area contributed by atoms with E-state index >= 15 is 0 Å². The third-order valence-electron chi connectivity index (χ3n) is 4.47. The molecule has 27 heavy (non-hydrogen) atoms. The number of esters is 1. The first-order chi connectivity index (χ1) is 13.1. The second-order valence-corrected chi connectivity index (χ2v) is 6.25. The molecule has 1 aliphatic rings.